The first-order chi connectivity index (χ1) is 10.4. The molecule has 3 rings (SSSR count). The molecule has 1 atom stereocenters. The number of aromatic nitrogens is 1. The second-order valence-corrected chi connectivity index (χ2v) is 6.82. The summed E-state index contributed by atoms with van der Waals surface area (Å²) in [6.07, 6.45) is 7.27. The maximum absolute atomic E-state index is 9.56. The van der Waals surface area contributed by atoms with Gasteiger partial charge in [-0.2, -0.15) is 0 Å². The van der Waals surface area contributed by atoms with Crippen LogP contribution in [0.5, 0.6) is 0 Å². The summed E-state index contributed by atoms with van der Waals surface area (Å²) in [7, 11) is 0. The molecule has 0 radical (unpaired) electrons. The number of nitrogens with one attached hydrogen (secondary N) is 1. The summed E-state index contributed by atoms with van der Waals surface area (Å²) in [5.41, 5.74) is 1.13. The van der Waals surface area contributed by atoms with Crippen LogP contribution in [0, 0.1) is 0 Å². The molecule has 3 nitrogen and oxygen atoms in total. The third kappa shape index (κ3) is 3.70. The first-order valence-corrected chi connectivity index (χ1v) is 8.52. The van der Waals surface area contributed by atoms with E-state index < -0.39 is 0 Å². The highest BCUT2D eigenvalue weighted by Crippen LogP contribution is 2.36. The second-order valence-electron chi connectivity index (χ2n) is 5.67. The molecule has 0 bridgehead atoms. The van der Waals surface area contributed by atoms with Crippen molar-refractivity contribution in [3.63, 3.8) is 0 Å². The fourth-order valence-corrected chi connectivity index (χ4v) is 4.00. The molecular formula is C17H22N2OS. The third-order valence-electron chi connectivity index (χ3n) is 4.18. The highest BCUT2D eigenvalue weighted by atomic mass is 32.1. The van der Waals surface area contributed by atoms with Crippen molar-refractivity contribution >= 4 is 11.3 Å². The molecule has 1 aromatic heterocycles. The second kappa shape index (κ2) is 7.16. The van der Waals surface area contributed by atoms with E-state index in [0.29, 0.717) is 5.92 Å². The summed E-state index contributed by atoms with van der Waals surface area (Å²) >= 11 is 1.82. The Labute approximate surface area is 130 Å². The van der Waals surface area contributed by atoms with Crippen molar-refractivity contribution in [2.45, 2.75) is 44.2 Å². The summed E-state index contributed by atoms with van der Waals surface area (Å²) in [6, 6.07) is 10.1. The predicted octanol–water partition coefficient (Wildman–Crippen LogP) is 3.62. The fraction of sp³-hybridized carbons (Fsp3) is 0.471. The molecule has 1 fully saturated rings. The van der Waals surface area contributed by atoms with Crippen molar-refractivity contribution in [1.29, 1.82) is 0 Å². The van der Waals surface area contributed by atoms with Crippen molar-refractivity contribution in [2.75, 3.05) is 6.61 Å². The van der Waals surface area contributed by atoms with Crippen molar-refractivity contribution in [3.05, 3.63) is 52.0 Å². The normalized spacial score (nSPS) is 17.2. The Kier molecular flexibility index (Phi) is 5.01. The third-order valence-corrected chi connectivity index (χ3v) is 5.34. The van der Waals surface area contributed by atoms with E-state index in [4.69, 9.17) is 0 Å². The molecule has 112 valence electrons. The Balaban J connectivity index is 1.59. The van der Waals surface area contributed by atoms with Gasteiger partial charge in [-0.15, -0.1) is 11.3 Å². The van der Waals surface area contributed by atoms with E-state index >= 15 is 0 Å². The van der Waals surface area contributed by atoms with Gasteiger partial charge in [-0.1, -0.05) is 43.2 Å². The largest absolute Gasteiger partial charge is 0.394 e. The number of thiazole rings is 1. The molecule has 0 amide bonds. The molecule has 1 unspecified atom stereocenters. The van der Waals surface area contributed by atoms with Crippen LogP contribution in [0.15, 0.2) is 36.5 Å². The number of aliphatic hydroxyl groups is 1. The lowest BCUT2D eigenvalue weighted by atomic mass is 10.1. The fourth-order valence-electron chi connectivity index (χ4n) is 2.96. The smallest absolute Gasteiger partial charge is 0.0959 e. The van der Waals surface area contributed by atoms with E-state index in [1.165, 1.54) is 35.6 Å². The summed E-state index contributed by atoms with van der Waals surface area (Å²) in [4.78, 5) is 5.85. The van der Waals surface area contributed by atoms with Gasteiger partial charge in [-0.25, -0.2) is 4.98 Å². The number of nitrogens with zero attached hydrogens (tertiary/aromatic N) is 1. The molecule has 1 aromatic carbocycles. The average Bonchev–Trinajstić information content (AvgIpc) is 3.20. The molecule has 2 N–H and O–H groups in total. The molecule has 0 aliphatic heterocycles. The Bertz CT molecular complexity index is 549. The van der Waals surface area contributed by atoms with E-state index in [1.54, 1.807) is 0 Å². The molecule has 4 heteroatoms. The quantitative estimate of drug-likeness (QED) is 0.856. The summed E-state index contributed by atoms with van der Waals surface area (Å²) in [5.74, 6) is 0.687. The molecule has 0 saturated heterocycles. The number of benzene rings is 1. The van der Waals surface area contributed by atoms with Crippen molar-refractivity contribution < 1.29 is 5.11 Å². The highest BCUT2D eigenvalue weighted by molar-refractivity contribution is 7.11. The monoisotopic (exact) mass is 302 g/mol. The van der Waals surface area contributed by atoms with Gasteiger partial charge in [0.15, 0.2) is 0 Å². The van der Waals surface area contributed by atoms with Gasteiger partial charge in [0.2, 0.25) is 0 Å². The summed E-state index contributed by atoms with van der Waals surface area (Å²) in [6.45, 7) is 0.878. The number of rotatable bonds is 6. The van der Waals surface area contributed by atoms with Gasteiger partial charge in [0.25, 0.3) is 0 Å². The standard InChI is InChI=1S/C17H22N2OS/c20-12-16(13-6-2-1-3-7-13)18-10-15-11-19-17(21-15)14-8-4-5-9-14/h1-3,6-7,11,14,16,18,20H,4-5,8-10,12H2. The molecule has 1 heterocycles. The van der Waals surface area contributed by atoms with Gasteiger partial charge in [0.05, 0.1) is 17.7 Å². The van der Waals surface area contributed by atoms with E-state index in [0.717, 1.165) is 12.1 Å². The molecule has 1 aliphatic rings. The van der Waals surface area contributed by atoms with Crippen molar-refractivity contribution in [3.8, 4) is 0 Å². The van der Waals surface area contributed by atoms with Crippen LogP contribution in [-0.4, -0.2) is 16.7 Å². The molecule has 0 spiro atoms. The van der Waals surface area contributed by atoms with Crippen LogP contribution in [0.25, 0.3) is 0 Å². The Morgan fingerprint density at radius 3 is 2.71 bits per heavy atom. The SMILES string of the molecule is OCC(NCc1cnc(C2CCCC2)s1)c1ccccc1. The van der Waals surface area contributed by atoms with E-state index in [-0.39, 0.29) is 12.6 Å². The van der Waals surface area contributed by atoms with Crippen LogP contribution >= 0.6 is 11.3 Å². The van der Waals surface area contributed by atoms with Gasteiger partial charge in [0.1, 0.15) is 0 Å². The minimum absolute atomic E-state index is 0.0109. The van der Waals surface area contributed by atoms with Gasteiger partial charge >= 0.3 is 0 Å². The molecule has 1 saturated carbocycles. The lowest BCUT2D eigenvalue weighted by Gasteiger charge is -2.15. The first kappa shape index (κ1) is 14.7. The van der Waals surface area contributed by atoms with E-state index in [2.05, 4.69) is 10.3 Å². The summed E-state index contributed by atoms with van der Waals surface area (Å²) in [5, 5.41) is 14.3. The van der Waals surface area contributed by atoms with Gasteiger partial charge in [-0.3, -0.25) is 0 Å². The van der Waals surface area contributed by atoms with Gasteiger partial charge < -0.3 is 10.4 Å². The zero-order chi connectivity index (χ0) is 14.5. The summed E-state index contributed by atoms with van der Waals surface area (Å²) < 4.78 is 0. The highest BCUT2D eigenvalue weighted by Gasteiger charge is 2.20. The van der Waals surface area contributed by atoms with Crippen LogP contribution in [0.4, 0.5) is 0 Å². The maximum Gasteiger partial charge on any atom is 0.0959 e. The van der Waals surface area contributed by atoms with Crippen LogP contribution in [-0.2, 0) is 6.54 Å². The van der Waals surface area contributed by atoms with Gasteiger partial charge in [0, 0.05) is 23.5 Å². The Hall–Kier alpha value is -1.23. The molecule has 21 heavy (non-hydrogen) atoms. The topological polar surface area (TPSA) is 45.1 Å². The van der Waals surface area contributed by atoms with Crippen molar-refractivity contribution in [2.24, 2.45) is 0 Å². The minimum atomic E-state index is -0.0109. The lowest BCUT2D eigenvalue weighted by Crippen LogP contribution is -2.23. The Morgan fingerprint density at radius 1 is 1.24 bits per heavy atom. The maximum atomic E-state index is 9.56. The zero-order valence-corrected chi connectivity index (χ0v) is 13.0. The van der Waals surface area contributed by atoms with Crippen LogP contribution in [0.2, 0.25) is 0 Å². The zero-order valence-electron chi connectivity index (χ0n) is 12.2. The van der Waals surface area contributed by atoms with Crippen LogP contribution in [0.1, 0.15) is 53.1 Å². The van der Waals surface area contributed by atoms with Gasteiger partial charge in [-0.05, 0) is 18.4 Å². The Morgan fingerprint density at radius 2 is 2.00 bits per heavy atom. The average molecular weight is 302 g/mol. The molecule has 2 aromatic rings. The van der Waals surface area contributed by atoms with Crippen LogP contribution < -0.4 is 5.32 Å². The predicted molar refractivity (Wildman–Crippen MR) is 86.4 cm³/mol. The lowest BCUT2D eigenvalue weighted by molar-refractivity contribution is 0.244. The minimum Gasteiger partial charge on any atom is -0.394 e. The number of hydrogen-bond donors (Lipinski definition) is 2. The van der Waals surface area contributed by atoms with E-state index in [1.807, 2.05) is 47.9 Å². The number of aliphatic hydroxyl groups excluding tert-OH is 1. The molecular weight excluding hydrogens is 280 g/mol. The molecule has 1 aliphatic carbocycles. The van der Waals surface area contributed by atoms with Crippen LogP contribution in [0.3, 0.4) is 0 Å². The van der Waals surface area contributed by atoms with E-state index in [9.17, 15) is 5.11 Å². The first-order valence-electron chi connectivity index (χ1n) is 7.70. The van der Waals surface area contributed by atoms with Crippen molar-refractivity contribution in [1.82, 2.24) is 10.3 Å². The number of hydrogen-bond acceptors (Lipinski definition) is 4.